The highest BCUT2D eigenvalue weighted by Gasteiger charge is 2.34. The second kappa shape index (κ2) is 4.26. The van der Waals surface area contributed by atoms with Gasteiger partial charge in [0.15, 0.2) is 0 Å². The molecule has 0 saturated carbocycles. The first-order valence-electron chi connectivity index (χ1n) is 5.95. The van der Waals surface area contributed by atoms with Crippen molar-refractivity contribution >= 4 is 16.9 Å². The molecule has 0 fully saturated rings. The van der Waals surface area contributed by atoms with Crippen LogP contribution in [0.1, 0.15) is 25.1 Å². The number of carbonyl (C=O) groups is 1. The maximum atomic E-state index is 12.7. The number of rotatable bonds is 2. The van der Waals surface area contributed by atoms with Gasteiger partial charge < -0.3 is 9.67 Å². The van der Waals surface area contributed by atoms with Crippen LogP contribution in [0.2, 0.25) is 0 Å². The lowest BCUT2D eigenvalue weighted by Gasteiger charge is -2.20. The summed E-state index contributed by atoms with van der Waals surface area (Å²) in [5.41, 5.74) is -0.886. The molecule has 0 bridgehead atoms. The standard InChI is InChI=1S/C14H14F3NO2/c1-13(2,12(19)20)11-7-8-6-9(14(15,16)17)4-5-10(8)18(11)3/h4-7H,1-3H3,(H,19,20). The van der Waals surface area contributed by atoms with Crippen molar-refractivity contribution in [2.45, 2.75) is 25.4 Å². The van der Waals surface area contributed by atoms with E-state index in [1.165, 1.54) is 26.0 Å². The second-order valence-corrected chi connectivity index (χ2v) is 5.29. The van der Waals surface area contributed by atoms with Crippen molar-refractivity contribution in [2.24, 2.45) is 7.05 Å². The number of fused-ring (bicyclic) bond motifs is 1. The maximum absolute atomic E-state index is 12.7. The van der Waals surface area contributed by atoms with Crippen molar-refractivity contribution in [1.82, 2.24) is 4.57 Å². The summed E-state index contributed by atoms with van der Waals surface area (Å²) in [6.07, 6.45) is -4.41. The first-order valence-corrected chi connectivity index (χ1v) is 5.95. The minimum Gasteiger partial charge on any atom is -0.481 e. The van der Waals surface area contributed by atoms with E-state index >= 15 is 0 Å². The van der Waals surface area contributed by atoms with Crippen molar-refractivity contribution in [3.63, 3.8) is 0 Å². The highest BCUT2D eigenvalue weighted by Crippen LogP contribution is 2.34. The molecule has 1 aromatic carbocycles. The van der Waals surface area contributed by atoms with Gasteiger partial charge in [-0.05, 0) is 38.1 Å². The van der Waals surface area contributed by atoms with Gasteiger partial charge in [-0.25, -0.2) is 0 Å². The van der Waals surface area contributed by atoms with Crippen LogP contribution in [-0.4, -0.2) is 15.6 Å². The van der Waals surface area contributed by atoms with E-state index in [1.807, 2.05) is 0 Å². The molecule has 0 spiro atoms. The largest absolute Gasteiger partial charge is 0.481 e. The predicted octanol–water partition coefficient (Wildman–Crippen LogP) is 3.56. The molecule has 0 unspecified atom stereocenters. The second-order valence-electron chi connectivity index (χ2n) is 5.29. The number of hydrogen-bond acceptors (Lipinski definition) is 1. The molecule has 0 atom stereocenters. The third kappa shape index (κ3) is 2.15. The lowest BCUT2D eigenvalue weighted by molar-refractivity contribution is -0.142. The summed E-state index contributed by atoms with van der Waals surface area (Å²) in [4.78, 5) is 11.3. The molecule has 0 amide bonds. The van der Waals surface area contributed by atoms with E-state index in [4.69, 9.17) is 0 Å². The van der Waals surface area contributed by atoms with Crippen molar-refractivity contribution in [1.29, 1.82) is 0 Å². The summed E-state index contributed by atoms with van der Waals surface area (Å²) in [5.74, 6) is -1.03. The minimum atomic E-state index is -4.41. The molecule has 0 aliphatic carbocycles. The summed E-state index contributed by atoms with van der Waals surface area (Å²) in [7, 11) is 1.65. The lowest BCUT2D eigenvalue weighted by atomic mass is 9.89. The normalized spacial score (nSPS) is 12.9. The van der Waals surface area contributed by atoms with Gasteiger partial charge in [-0.2, -0.15) is 13.2 Å². The fourth-order valence-electron chi connectivity index (χ4n) is 2.24. The average molecular weight is 285 g/mol. The average Bonchev–Trinajstić information content (AvgIpc) is 2.65. The third-order valence-electron chi connectivity index (χ3n) is 3.54. The number of nitrogens with zero attached hydrogens (tertiary/aromatic N) is 1. The van der Waals surface area contributed by atoms with Gasteiger partial charge in [-0.1, -0.05) is 0 Å². The molecule has 0 saturated heterocycles. The van der Waals surface area contributed by atoms with E-state index in [-0.39, 0.29) is 0 Å². The van der Waals surface area contributed by atoms with E-state index in [0.29, 0.717) is 16.6 Å². The molecule has 108 valence electrons. The summed E-state index contributed by atoms with van der Waals surface area (Å²) in [6, 6.07) is 4.90. The van der Waals surface area contributed by atoms with Crippen molar-refractivity contribution in [2.75, 3.05) is 0 Å². The molecule has 20 heavy (non-hydrogen) atoms. The number of carboxylic acid groups (broad SMARTS) is 1. The monoisotopic (exact) mass is 285 g/mol. The molecule has 6 heteroatoms. The van der Waals surface area contributed by atoms with E-state index in [1.54, 1.807) is 11.6 Å². The molecular formula is C14H14F3NO2. The molecule has 1 heterocycles. The minimum absolute atomic E-state index is 0.381. The highest BCUT2D eigenvalue weighted by molar-refractivity contribution is 5.87. The van der Waals surface area contributed by atoms with Crippen molar-refractivity contribution in [3.05, 3.63) is 35.5 Å². The predicted molar refractivity (Wildman–Crippen MR) is 68.6 cm³/mol. The van der Waals surface area contributed by atoms with Crippen LogP contribution in [0, 0.1) is 0 Å². The quantitative estimate of drug-likeness (QED) is 0.916. The van der Waals surface area contributed by atoms with Gasteiger partial charge in [0, 0.05) is 23.6 Å². The number of alkyl halides is 3. The van der Waals surface area contributed by atoms with Gasteiger partial charge >= 0.3 is 12.1 Å². The zero-order valence-electron chi connectivity index (χ0n) is 11.2. The van der Waals surface area contributed by atoms with Gasteiger partial charge in [0.05, 0.1) is 5.56 Å². The van der Waals surface area contributed by atoms with E-state index in [2.05, 4.69) is 0 Å². The van der Waals surface area contributed by atoms with Crippen LogP contribution in [0.15, 0.2) is 24.3 Å². The number of aryl methyl sites for hydroxylation is 1. The Kier molecular flexibility index (Phi) is 3.07. The first-order chi connectivity index (χ1) is 9.05. The summed E-state index contributed by atoms with van der Waals surface area (Å²) < 4.78 is 39.7. The fraction of sp³-hybridized carbons (Fsp3) is 0.357. The zero-order valence-corrected chi connectivity index (χ0v) is 11.2. The number of aliphatic carboxylic acids is 1. The van der Waals surface area contributed by atoms with Crippen LogP contribution >= 0.6 is 0 Å². The van der Waals surface area contributed by atoms with Gasteiger partial charge in [-0.15, -0.1) is 0 Å². The summed E-state index contributed by atoms with van der Waals surface area (Å²) in [6.45, 7) is 3.04. The molecule has 1 aromatic heterocycles. The van der Waals surface area contributed by atoms with Crippen LogP contribution in [0.3, 0.4) is 0 Å². The Morgan fingerprint density at radius 1 is 1.20 bits per heavy atom. The summed E-state index contributed by atoms with van der Waals surface area (Å²) in [5, 5.41) is 9.62. The number of hydrogen-bond donors (Lipinski definition) is 1. The Bertz CT molecular complexity index is 684. The van der Waals surface area contributed by atoms with Gasteiger partial charge in [0.1, 0.15) is 5.41 Å². The van der Waals surface area contributed by atoms with Gasteiger partial charge in [0.25, 0.3) is 0 Å². The molecule has 2 aromatic rings. The Balaban J connectivity index is 2.67. The van der Waals surface area contributed by atoms with Gasteiger partial charge in [0.2, 0.25) is 0 Å². The van der Waals surface area contributed by atoms with E-state index < -0.39 is 23.1 Å². The molecular weight excluding hydrogens is 271 g/mol. The number of halogens is 3. The van der Waals surface area contributed by atoms with Crippen LogP contribution in [0.25, 0.3) is 10.9 Å². The van der Waals surface area contributed by atoms with Crippen molar-refractivity contribution in [3.8, 4) is 0 Å². The molecule has 1 N–H and O–H groups in total. The smallest absolute Gasteiger partial charge is 0.416 e. The maximum Gasteiger partial charge on any atom is 0.416 e. The van der Waals surface area contributed by atoms with Crippen LogP contribution in [-0.2, 0) is 23.4 Å². The van der Waals surface area contributed by atoms with Crippen LogP contribution in [0.5, 0.6) is 0 Å². The number of carboxylic acids is 1. The third-order valence-corrected chi connectivity index (χ3v) is 3.54. The molecule has 0 aliphatic heterocycles. The number of benzene rings is 1. The lowest BCUT2D eigenvalue weighted by Crippen LogP contribution is -2.30. The number of aromatic nitrogens is 1. The fourth-order valence-corrected chi connectivity index (χ4v) is 2.24. The van der Waals surface area contributed by atoms with E-state index in [9.17, 15) is 23.1 Å². The Morgan fingerprint density at radius 3 is 2.30 bits per heavy atom. The Labute approximate surface area is 113 Å². The molecule has 0 radical (unpaired) electrons. The van der Waals surface area contributed by atoms with Crippen molar-refractivity contribution < 1.29 is 23.1 Å². The molecule has 0 aliphatic rings. The van der Waals surface area contributed by atoms with Crippen LogP contribution < -0.4 is 0 Å². The summed E-state index contributed by atoms with van der Waals surface area (Å²) >= 11 is 0. The SMILES string of the molecule is Cn1c(C(C)(C)C(=O)O)cc2cc(C(F)(F)F)ccc21. The Morgan fingerprint density at radius 2 is 1.80 bits per heavy atom. The molecule has 3 nitrogen and oxygen atoms in total. The van der Waals surface area contributed by atoms with Crippen LogP contribution in [0.4, 0.5) is 13.2 Å². The highest BCUT2D eigenvalue weighted by atomic mass is 19.4. The zero-order chi connectivity index (χ0) is 15.3. The van der Waals surface area contributed by atoms with E-state index in [0.717, 1.165) is 12.1 Å². The first kappa shape index (κ1) is 14.4. The molecule has 2 rings (SSSR count). The Hall–Kier alpha value is -1.98. The van der Waals surface area contributed by atoms with Gasteiger partial charge in [-0.3, -0.25) is 4.79 Å². The topological polar surface area (TPSA) is 42.2 Å².